The molecule has 0 amide bonds. The van der Waals surface area contributed by atoms with Crippen LogP contribution in [0.3, 0.4) is 0 Å². The van der Waals surface area contributed by atoms with Crippen molar-refractivity contribution in [1.29, 1.82) is 0 Å². The molecule has 2 heterocycles. The van der Waals surface area contributed by atoms with Crippen molar-refractivity contribution in [2.24, 2.45) is 4.99 Å². The molecule has 1 aliphatic rings. The van der Waals surface area contributed by atoms with Gasteiger partial charge in [0.2, 0.25) is 0 Å². The second kappa shape index (κ2) is 8.00. The molecule has 136 valence electrons. The van der Waals surface area contributed by atoms with Gasteiger partial charge in [-0.05, 0) is 48.6 Å². The van der Waals surface area contributed by atoms with E-state index in [0.717, 1.165) is 30.4 Å². The first-order valence-electron chi connectivity index (χ1n) is 8.82. The maximum atomic E-state index is 11.5. The number of benzene rings is 1. The van der Waals surface area contributed by atoms with E-state index in [2.05, 4.69) is 18.0 Å². The maximum Gasteiger partial charge on any atom is 0.337 e. The van der Waals surface area contributed by atoms with Gasteiger partial charge >= 0.3 is 5.97 Å². The van der Waals surface area contributed by atoms with Gasteiger partial charge in [-0.25, -0.2) is 9.78 Å². The first kappa shape index (κ1) is 18.6. The summed E-state index contributed by atoms with van der Waals surface area (Å²) in [6.07, 6.45) is 4.74. The molecular weight excluding hydrogens is 348 g/mol. The molecule has 5 heteroatoms. The zero-order chi connectivity index (χ0) is 18.7. The zero-order valence-electron chi connectivity index (χ0n) is 15.3. The molecule has 1 aromatic heterocycles. The molecule has 0 N–H and O–H groups in total. The van der Waals surface area contributed by atoms with Crippen molar-refractivity contribution in [3.63, 3.8) is 0 Å². The van der Waals surface area contributed by atoms with Crippen LogP contribution in [0.5, 0.6) is 0 Å². The Labute approximate surface area is 159 Å². The highest BCUT2D eigenvalue weighted by molar-refractivity contribution is 6.30. The molecule has 1 aromatic carbocycles. The number of ether oxygens (including phenoxy) is 1. The Morgan fingerprint density at radius 3 is 2.73 bits per heavy atom. The number of carbonyl (C=O) groups is 1. The molecule has 0 spiro atoms. The zero-order valence-corrected chi connectivity index (χ0v) is 16.1. The Morgan fingerprint density at radius 2 is 2.08 bits per heavy atom. The quantitative estimate of drug-likeness (QED) is 0.562. The van der Waals surface area contributed by atoms with Crippen LogP contribution in [-0.4, -0.2) is 29.8 Å². The number of rotatable bonds is 5. The first-order chi connectivity index (χ1) is 12.5. The maximum absolute atomic E-state index is 11.5. The molecule has 0 saturated heterocycles. The summed E-state index contributed by atoms with van der Waals surface area (Å²) in [4.78, 5) is 20.7. The minimum absolute atomic E-state index is 0.279. The van der Waals surface area contributed by atoms with Crippen LogP contribution in [0.4, 0.5) is 0 Å². The molecule has 4 nitrogen and oxygen atoms in total. The van der Waals surface area contributed by atoms with E-state index in [4.69, 9.17) is 21.3 Å². The number of halogens is 1. The van der Waals surface area contributed by atoms with Crippen LogP contribution in [0.2, 0.25) is 5.15 Å². The fraction of sp³-hybridized carbons (Fsp3) is 0.381. The van der Waals surface area contributed by atoms with E-state index in [1.807, 2.05) is 25.3 Å². The first-order valence-corrected chi connectivity index (χ1v) is 9.20. The molecule has 2 atom stereocenters. The van der Waals surface area contributed by atoms with E-state index < -0.39 is 0 Å². The van der Waals surface area contributed by atoms with Crippen molar-refractivity contribution in [3.05, 3.63) is 63.9 Å². The Kier molecular flexibility index (Phi) is 5.72. The van der Waals surface area contributed by atoms with E-state index in [1.54, 1.807) is 12.1 Å². The third-order valence-electron chi connectivity index (χ3n) is 5.00. The lowest BCUT2D eigenvalue weighted by Crippen LogP contribution is -2.11. The van der Waals surface area contributed by atoms with Crippen molar-refractivity contribution in [3.8, 4) is 0 Å². The van der Waals surface area contributed by atoms with Crippen LogP contribution < -0.4 is 0 Å². The minimum Gasteiger partial charge on any atom is -0.465 e. The molecule has 0 fully saturated rings. The minimum atomic E-state index is -0.310. The van der Waals surface area contributed by atoms with Crippen LogP contribution in [0.1, 0.15) is 52.7 Å². The van der Waals surface area contributed by atoms with Crippen molar-refractivity contribution >= 4 is 23.3 Å². The Hall–Kier alpha value is -2.20. The molecule has 0 aliphatic carbocycles. The Bertz CT molecular complexity index is 830. The van der Waals surface area contributed by atoms with Crippen molar-refractivity contribution in [2.75, 3.05) is 7.11 Å². The number of aromatic nitrogens is 1. The highest BCUT2D eigenvalue weighted by Crippen LogP contribution is 2.30. The molecule has 0 bridgehead atoms. The number of methoxy groups -OCH3 is 1. The van der Waals surface area contributed by atoms with E-state index in [9.17, 15) is 4.79 Å². The van der Waals surface area contributed by atoms with Crippen molar-refractivity contribution in [2.45, 2.75) is 45.1 Å². The second-order valence-corrected chi connectivity index (χ2v) is 7.19. The fourth-order valence-corrected chi connectivity index (χ4v) is 3.44. The summed E-state index contributed by atoms with van der Waals surface area (Å²) >= 11 is 6.03. The van der Waals surface area contributed by atoms with Crippen LogP contribution in [-0.2, 0) is 11.2 Å². The summed E-state index contributed by atoms with van der Waals surface area (Å²) in [5, 5.41) is 0.562. The topological polar surface area (TPSA) is 51.5 Å². The molecule has 3 rings (SSSR count). The standard InChI is InChI=1S/C21H23ClN2O2/c1-13-10-17(12-23-20(13)22)14(2)19-9-8-18(24-19)11-15-4-6-16(7-5-15)21(25)26-3/h4-7,10,12,14,19H,8-9,11H2,1-3H3/t14-,19-/m1/s1. The predicted octanol–water partition coefficient (Wildman–Crippen LogP) is 4.78. The van der Waals surface area contributed by atoms with Gasteiger partial charge in [0, 0.05) is 24.2 Å². The molecule has 2 aromatic rings. The summed E-state index contributed by atoms with van der Waals surface area (Å²) in [5.41, 5.74) is 5.13. The lowest BCUT2D eigenvalue weighted by atomic mass is 9.92. The third-order valence-corrected chi connectivity index (χ3v) is 5.39. The molecular formula is C21H23ClN2O2. The molecule has 0 unspecified atom stereocenters. The number of esters is 1. The van der Waals surface area contributed by atoms with Gasteiger partial charge in [0.05, 0.1) is 18.7 Å². The van der Waals surface area contributed by atoms with Gasteiger partial charge in [0.25, 0.3) is 0 Å². The number of aliphatic imine (C=N–C) groups is 1. The van der Waals surface area contributed by atoms with Gasteiger partial charge in [0.1, 0.15) is 5.15 Å². The third kappa shape index (κ3) is 4.13. The average Bonchev–Trinajstić information content (AvgIpc) is 3.12. The van der Waals surface area contributed by atoms with E-state index >= 15 is 0 Å². The predicted molar refractivity (Wildman–Crippen MR) is 104 cm³/mol. The van der Waals surface area contributed by atoms with Gasteiger partial charge in [-0.3, -0.25) is 4.99 Å². The summed E-state index contributed by atoms with van der Waals surface area (Å²) in [6, 6.07) is 9.94. The lowest BCUT2D eigenvalue weighted by Gasteiger charge is -2.17. The van der Waals surface area contributed by atoms with E-state index in [1.165, 1.54) is 18.4 Å². The highest BCUT2D eigenvalue weighted by atomic mass is 35.5. The fourth-order valence-electron chi connectivity index (χ4n) is 3.34. The smallest absolute Gasteiger partial charge is 0.337 e. The van der Waals surface area contributed by atoms with Crippen molar-refractivity contribution in [1.82, 2.24) is 4.98 Å². The summed E-state index contributed by atoms with van der Waals surface area (Å²) in [7, 11) is 1.39. The van der Waals surface area contributed by atoms with Crippen LogP contribution in [0, 0.1) is 6.92 Å². The van der Waals surface area contributed by atoms with Gasteiger partial charge in [-0.2, -0.15) is 0 Å². The Morgan fingerprint density at radius 1 is 1.35 bits per heavy atom. The van der Waals surface area contributed by atoms with Gasteiger partial charge < -0.3 is 4.74 Å². The number of hydrogen-bond donors (Lipinski definition) is 0. The van der Waals surface area contributed by atoms with Crippen molar-refractivity contribution < 1.29 is 9.53 Å². The average molecular weight is 371 g/mol. The van der Waals surface area contributed by atoms with Crippen LogP contribution in [0.15, 0.2) is 41.5 Å². The monoisotopic (exact) mass is 370 g/mol. The highest BCUT2D eigenvalue weighted by Gasteiger charge is 2.24. The number of nitrogens with zero attached hydrogens (tertiary/aromatic N) is 2. The summed E-state index contributed by atoms with van der Waals surface area (Å²) < 4.78 is 4.73. The Balaban J connectivity index is 1.67. The number of hydrogen-bond acceptors (Lipinski definition) is 4. The van der Waals surface area contributed by atoms with Gasteiger partial charge in [-0.1, -0.05) is 36.7 Å². The van der Waals surface area contributed by atoms with E-state index in [-0.39, 0.29) is 12.0 Å². The van der Waals surface area contributed by atoms with Crippen LogP contribution >= 0.6 is 11.6 Å². The normalized spacial score (nSPS) is 17.7. The summed E-state index contributed by atoms with van der Waals surface area (Å²) in [5.74, 6) is 0.00757. The van der Waals surface area contributed by atoms with Gasteiger partial charge in [-0.15, -0.1) is 0 Å². The summed E-state index contributed by atoms with van der Waals surface area (Å²) in [6.45, 7) is 4.18. The van der Waals surface area contributed by atoms with E-state index in [0.29, 0.717) is 16.6 Å². The number of aryl methyl sites for hydroxylation is 1. The number of carbonyl (C=O) groups excluding carboxylic acids is 1. The van der Waals surface area contributed by atoms with Gasteiger partial charge in [0.15, 0.2) is 0 Å². The second-order valence-electron chi connectivity index (χ2n) is 6.83. The lowest BCUT2D eigenvalue weighted by molar-refractivity contribution is 0.0600. The molecule has 26 heavy (non-hydrogen) atoms. The number of pyridine rings is 1. The van der Waals surface area contributed by atoms with Crippen LogP contribution in [0.25, 0.3) is 0 Å². The largest absolute Gasteiger partial charge is 0.465 e. The SMILES string of the molecule is COC(=O)c1ccc(CC2=N[C@@H]([C@H](C)c3cnc(Cl)c(C)c3)CC2)cc1. The molecule has 0 radical (unpaired) electrons. The molecule has 0 saturated carbocycles. The molecule has 1 aliphatic heterocycles.